The maximum atomic E-state index is 12.4. The molecule has 1 spiro atoms. The molecule has 0 aromatic heterocycles. The van der Waals surface area contributed by atoms with Crippen molar-refractivity contribution in [2.24, 2.45) is 5.41 Å². The minimum atomic E-state index is 0.231. The first-order valence-electron chi connectivity index (χ1n) is 10.1. The van der Waals surface area contributed by atoms with Crippen molar-refractivity contribution in [3.8, 4) is 0 Å². The van der Waals surface area contributed by atoms with Crippen molar-refractivity contribution in [2.45, 2.75) is 45.1 Å². The maximum Gasteiger partial charge on any atom is 0.157 e. The summed E-state index contributed by atoms with van der Waals surface area (Å²) in [6.07, 6.45) is 8.58. The first kappa shape index (κ1) is 16.6. The van der Waals surface area contributed by atoms with E-state index in [-0.39, 0.29) is 5.41 Å². The monoisotopic (exact) mass is 355 g/mol. The van der Waals surface area contributed by atoms with Gasteiger partial charge in [-0.05, 0) is 57.9 Å². The van der Waals surface area contributed by atoms with E-state index in [1.54, 1.807) is 0 Å². The molecular weight excluding hydrogens is 330 g/mol. The predicted molar refractivity (Wildman–Crippen MR) is 112 cm³/mol. The zero-order chi connectivity index (χ0) is 18.3. The molecule has 5 rings (SSSR count). The Morgan fingerprint density at radius 2 is 1.48 bits per heavy atom. The summed E-state index contributed by atoms with van der Waals surface area (Å²) < 4.78 is 0. The summed E-state index contributed by atoms with van der Waals surface area (Å²) in [6.45, 7) is 0.761. The van der Waals surface area contributed by atoms with Crippen LogP contribution < -0.4 is 5.32 Å². The molecule has 0 radical (unpaired) electrons. The van der Waals surface area contributed by atoms with Crippen molar-refractivity contribution in [3.63, 3.8) is 0 Å². The van der Waals surface area contributed by atoms with Gasteiger partial charge in [-0.3, -0.25) is 4.79 Å². The van der Waals surface area contributed by atoms with E-state index in [4.69, 9.17) is 0 Å². The van der Waals surface area contributed by atoms with Gasteiger partial charge in [0.15, 0.2) is 5.78 Å². The number of nitrogens with one attached hydrogen (secondary N) is 1. The summed E-state index contributed by atoms with van der Waals surface area (Å²) in [4.78, 5) is 12.4. The van der Waals surface area contributed by atoms with E-state index in [1.165, 1.54) is 52.8 Å². The predicted octanol–water partition coefficient (Wildman–Crippen LogP) is 5.89. The highest BCUT2D eigenvalue weighted by molar-refractivity contribution is 6.02. The third kappa shape index (κ3) is 3.03. The van der Waals surface area contributed by atoms with Crippen molar-refractivity contribution in [3.05, 3.63) is 71.9 Å². The van der Waals surface area contributed by atoms with Crippen LogP contribution in [0.3, 0.4) is 0 Å². The summed E-state index contributed by atoms with van der Waals surface area (Å²) in [5.74, 6) is 0.299. The highest BCUT2D eigenvalue weighted by atomic mass is 16.1. The van der Waals surface area contributed by atoms with E-state index in [0.29, 0.717) is 5.78 Å². The lowest BCUT2D eigenvalue weighted by molar-refractivity contribution is -0.117. The Hall–Kier alpha value is -2.61. The standard InChI is InChI=1S/C25H25NO/c27-21-14-20(15-25(16-21)11-5-6-12-25)26-17-24-22-9-3-1-7-18(22)13-19-8-2-4-10-23(19)24/h1-4,7-10,13-14,26H,5-6,11-12,15-17H2. The molecule has 0 bridgehead atoms. The lowest BCUT2D eigenvalue weighted by Crippen LogP contribution is -2.30. The van der Waals surface area contributed by atoms with Gasteiger partial charge in [0, 0.05) is 24.7 Å². The third-order valence-corrected chi connectivity index (χ3v) is 6.49. The zero-order valence-electron chi connectivity index (χ0n) is 15.6. The van der Waals surface area contributed by atoms with Crippen LogP contribution in [0, 0.1) is 5.41 Å². The summed E-state index contributed by atoms with van der Waals surface area (Å²) in [5, 5.41) is 8.78. The summed E-state index contributed by atoms with van der Waals surface area (Å²) in [7, 11) is 0. The number of allylic oxidation sites excluding steroid dienone is 2. The second-order valence-corrected chi connectivity index (χ2v) is 8.35. The van der Waals surface area contributed by atoms with E-state index < -0.39 is 0 Å². The lowest BCUT2D eigenvalue weighted by atomic mass is 9.74. The summed E-state index contributed by atoms with van der Waals surface area (Å²) in [6, 6.07) is 19.5. The van der Waals surface area contributed by atoms with Gasteiger partial charge in [-0.2, -0.15) is 0 Å². The molecule has 2 nitrogen and oxygen atoms in total. The van der Waals surface area contributed by atoms with Crippen molar-refractivity contribution < 1.29 is 4.79 Å². The number of hydrogen-bond acceptors (Lipinski definition) is 2. The van der Waals surface area contributed by atoms with Crippen LogP contribution >= 0.6 is 0 Å². The Labute approximate surface area is 160 Å². The smallest absolute Gasteiger partial charge is 0.157 e. The molecule has 3 aromatic carbocycles. The minimum Gasteiger partial charge on any atom is -0.384 e. The number of hydrogen-bond donors (Lipinski definition) is 1. The van der Waals surface area contributed by atoms with Crippen LogP contribution in [0.5, 0.6) is 0 Å². The molecule has 27 heavy (non-hydrogen) atoms. The second-order valence-electron chi connectivity index (χ2n) is 8.35. The fourth-order valence-corrected chi connectivity index (χ4v) is 5.22. The van der Waals surface area contributed by atoms with Crippen molar-refractivity contribution in [1.82, 2.24) is 5.32 Å². The minimum absolute atomic E-state index is 0.231. The molecule has 0 atom stereocenters. The molecule has 1 fully saturated rings. The Kier molecular flexibility index (Phi) is 4.00. The molecule has 136 valence electrons. The summed E-state index contributed by atoms with van der Waals surface area (Å²) in [5.41, 5.74) is 2.68. The van der Waals surface area contributed by atoms with Gasteiger partial charge in [-0.1, -0.05) is 61.4 Å². The number of fused-ring (bicyclic) bond motifs is 2. The molecule has 2 aliphatic carbocycles. The SMILES string of the molecule is O=C1C=C(NCc2c3ccccc3cc3ccccc23)CC2(CCCC2)C1. The maximum absolute atomic E-state index is 12.4. The number of carbonyl (C=O) groups is 1. The lowest BCUT2D eigenvalue weighted by Gasteiger charge is -2.33. The fraction of sp³-hybridized carbons (Fsp3) is 0.320. The molecule has 0 amide bonds. The van der Waals surface area contributed by atoms with Gasteiger partial charge in [0.1, 0.15) is 0 Å². The number of benzene rings is 3. The second kappa shape index (κ2) is 6.53. The molecule has 0 unspecified atom stereocenters. The Morgan fingerprint density at radius 1 is 0.852 bits per heavy atom. The van der Waals surface area contributed by atoms with Gasteiger partial charge >= 0.3 is 0 Å². The highest BCUT2D eigenvalue weighted by Crippen LogP contribution is 2.47. The van der Waals surface area contributed by atoms with Crippen LogP contribution in [-0.4, -0.2) is 5.78 Å². The van der Waals surface area contributed by atoms with E-state index >= 15 is 0 Å². The van der Waals surface area contributed by atoms with E-state index in [9.17, 15) is 4.79 Å². The Balaban J connectivity index is 1.50. The molecule has 0 saturated heterocycles. The first-order chi connectivity index (χ1) is 13.2. The number of carbonyl (C=O) groups excluding carboxylic acids is 1. The van der Waals surface area contributed by atoms with Crippen LogP contribution in [0.4, 0.5) is 0 Å². The largest absolute Gasteiger partial charge is 0.384 e. The van der Waals surface area contributed by atoms with Crippen LogP contribution in [0.2, 0.25) is 0 Å². The van der Waals surface area contributed by atoms with Gasteiger partial charge in [0.25, 0.3) is 0 Å². The molecule has 0 aliphatic heterocycles. The molecular formula is C25H25NO. The number of ketones is 1. The number of rotatable bonds is 3. The zero-order valence-corrected chi connectivity index (χ0v) is 15.6. The van der Waals surface area contributed by atoms with Gasteiger partial charge in [-0.25, -0.2) is 0 Å². The molecule has 1 saturated carbocycles. The quantitative estimate of drug-likeness (QED) is 0.594. The van der Waals surface area contributed by atoms with Crippen molar-refractivity contribution in [1.29, 1.82) is 0 Å². The van der Waals surface area contributed by atoms with Crippen LogP contribution in [0.1, 0.15) is 44.1 Å². The third-order valence-electron chi connectivity index (χ3n) is 6.49. The van der Waals surface area contributed by atoms with Crippen LogP contribution in [0.25, 0.3) is 21.5 Å². The topological polar surface area (TPSA) is 29.1 Å². The molecule has 1 N–H and O–H groups in total. The fourth-order valence-electron chi connectivity index (χ4n) is 5.22. The van der Waals surface area contributed by atoms with Gasteiger partial charge in [-0.15, -0.1) is 0 Å². The van der Waals surface area contributed by atoms with Gasteiger partial charge in [0.2, 0.25) is 0 Å². The van der Waals surface area contributed by atoms with E-state index in [1.807, 2.05) is 6.08 Å². The van der Waals surface area contributed by atoms with E-state index in [0.717, 1.165) is 25.1 Å². The van der Waals surface area contributed by atoms with Gasteiger partial charge in [0.05, 0.1) is 0 Å². The molecule has 2 heteroatoms. The summed E-state index contributed by atoms with van der Waals surface area (Å²) >= 11 is 0. The molecule has 2 aliphatic rings. The first-order valence-corrected chi connectivity index (χ1v) is 10.1. The van der Waals surface area contributed by atoms with Crippen LogP contribution in [-0.2, 0) is 11.3 Å². The van der Waals surface area contributed by atoms with Crippen LogP contribution in [0.15, 0.2) is 66.4 Å². The average Bonchev–Trinajstić information content (AvgIpc) is 3.11. The van der Waals surface area contributed by atoms with Crippen molar-refractivity contribution >= 4 is 27.3 Å². The Morgan fingerprint density at radius 3 is 2.15 bits per heavy atom. The van der Waals surface area contributed by atoms with Gasteiger partial charge < -0.3 is 5.32 Å². The normalized spacial score (nSPS) is 19.0. The Bertz CT molecular complexity index is 1000. The molecule has 0 heterocycles. The van der Waals surface area contributed by atoms with Crippen molar-refractivity contribution in [2.75, 3.05) is 0 Å². The highest BCUT2D eigenvalue weighted by Gasteiger charge is 2.38. The van der Waals surface area contributed by atoms with E-state index in [2.05, 4.69) is 59.9 Å². The average molecular weight is 355 g/mol. The molecule has 3 aromatic rings.